The van der Waals surface area contributed by atoms with Gasteiger partial charge in [-0.3, -0.25) is 0 Å². The molecule has 0 N–H and O–H groups in total. The van der Waals surface area contributed by atoms with Crippen LogP contribution in [-0.4, -0.2) is 4.57 Å². The van der Waals surface area contributed by atoms with Crippen LogP contribution in [0.5, 0.6) is 0 Å². The smallest absolute Gasteiger partial charge is 0.0713 e. The standard InChI is InChI=1S/C72H50N2/c1-71(2)65-45-55(36-39-60(65)61-40-37-56(46-66(61)71)74-67-42-32-49-20-12-14-26-57(49)69(67)70-58-27-15-13-21-50(58)33-43-68(70)74)73(53-34-30-48(31-35-53)47-18-6-3-7-19-47)54-38-41-64-62(44-54)59-28-16-17-29-63(59)72(64,51-22-8-4-9-23-51)52-24-10-5-11-25-52/h3-46H,1-2H3. The Morgan fingerprint density at radius 1 is 0.324 bits per heavy atom. The Bertz CT molecular complexity index is 4240. The Morgan fingerprint density at radius 2 is 0.797 bits per heavy atom. The van der Waals surface area contributed by atoms with Gasteiger partial charge in [0.1, 0.15) is 0 Å². The van der Waals surface area contributed by atoms with Gasteiger partial charge in [0.15, 0.2) is 0 Å². The summed E-state index contributed by atoms with van der Waals surface area (Å²) in [6.07, 6.45) is 0. The molecule has 0 amide bonds. The Morgan fingerprint density at radius 3 is 1.45 bits per heavy atom. The maximum absolute atomic E-state index is 2.51. The molecule has 0 radical (unpaired) electrons. The molecule has 0 aliphatic heterocycles. The Hall–Kier alpha value is -9.24. The number of aromatic nitrogens is 1. The fourth-order valence-corrected chi connectivity index (χ4v) is 13.3. The molecule has 1 aromatic heterocycles. The van der Waals surface area contributed by atoms with Crippen molar-refractivity contribution in [3.05, 3.63) is 300 Å². The third-order valence-electron chi connectivity index (χ3n) is 16.6. The number of benzene rings is 12. The summed E-state index contributed by atoms with van der Waals surface area (Å²) in [4.78, 5) is 2.47. The summed E-state index contributed by atoms with van der Waals surface area (Å²) in [5, 5.41) is 7.69. The summed E-state index contributed by atoms with van der Waals surface area (Å²) in [6.45, 7) is 4.83. The van der Waals surface area contributed by atoms with Crippen LogP contribution in [0.15, 0.2) is 267 Å². The lowest BCUT2D eigenvalue weighted by Gasteiger charge is -2.34. The van der Waals surface area contributed by atoms with Crippen molar-refractivity contribution in [2.75, 3.05) is 4.90 Å². The number of hydrogen-bond donors (Lipinski definition) is 0. The van der Waals surface area contributed by atoms with Crippen LogP contribution < -0.4 is 4.90 Å². The quantitative estimate of drug-likeness (QED) is 0.155. The minimum absolute atomic E-state index is 0.292. The van der Waals surface area contributed by atoms with Crippen molar-refractivity contribution >= 4 is 60.4 Å². The zero-order valence-corrected chi connectivity index (χ0v) is 41.3. The van der Waals surface area contributed by atoms with Crippen molar-refractivity contribution in [1.29, 1.82) is 0 Å². The minimum atomic E-state index is -0.474. The third-order valence-corrected chi connectivity index (χ3v) is 16.6. The van der Waals surface area contributed by atoms with Gasteiger partial charge in [-0.2, -0.15) is 0 Å². The predicted octanol–water partition coefficient (Wildman–Crippen LogP) is 18.9. The maximum Gasteiger partial charge on any atom is 0.0713 e. The van der Waals surface area contributed by atoms with Crippen molar-refractivity contribution in [3.63, 3.8) is 0 Å². The molecule has 348 valence electrons. The molecule has 0 atom stereocenters. The molecule has 0 fully saturated rings. The highest BCUT2D eigenvalue weighted by atomic mass is 15.1. The van der Waals surface area contributed by atoms with Gasteiger partial charge in [-0.1, -0.05) is 220 Å². The molecule has 0 spiro atoms. The van der Waals surface area contributed by atoms with Crippen molar-refractivity contribution < 1.29 is 0 Å². The van der Waals surface area contributed by atoms with Gasteiger partial charge < -0.3 is 9.47 Å². The number of hydrogen-bond acceptors (Lipinski definition) is 1. The highest BCUT2D eigenvalue weighted by Gasteiger charge is 2.46. The molecule has 13 aromatic rings. The molecule has 0 saturated heterocycles. The van der Waals surface area contributed by atoms with Gasteiger partial charge in [0, 0.05) is 38.9 Å². The van der Waals surface area contributed by atoms with E-state index in [0.717, 1.165) is 17.1 Å². The molecule has 2 aliphatic carbocycles. The SMILES string of the molecule is CC1(C)c2cc(N(c3ccc(-c4ccccc4)cc3)c3ccc4c(c3)-c3ccccc3C4(c3ccccc3)c3ccccc3)ccc2-c2ccc(-n3c4ccc5ccccc5c4c4c5ccccc5ccc43)cc21. The van der Waals surface area contributed by atoms with Crippen LogP contribution in [0, 0.1) is 0 Å². The van der Waals surface area contributed by atoms with E-state index < -0.39 is 5.41 Å². The van der Waals surface area contributed by atoms with Gasteiger partial charge in [-0.25, -0.2) is 0 Å². The summed E-state index contributed by atoms with van der Waals surface area (Å²) in [6, 6.07) is 99.5. The first-order chi connectivity index (χ1) is 36.5. The summed E-state index contributed by atoms with van der Waals surface area (Å²) in [5.74, 6) is 0. The van der Waals surface area contributed by atoms with Gasteiger partial charge in [0.2, 0.25) is 0 Å². The maximum atomic E-state index is 2.51. The first kappa shape index (κ1) is 42.4. The lowest BCUT2D eigenvalue weighted by Crippen LogP contribution is -2.28. The average Bonchev–Trinajstić information content (AvgIpc) is 4.05. The van der Waals surface area contributed by atoms with Crippen LogP contribution >= 0.6 is 0 Å². The van der Waals surface area contributed by atoms with Crippen LogP contribution in [0.25, 0.3) is 82.4 Å². The molecule has 2 nitrogen and oxygen atoms in total. The Balaban J connectivity index is 0.897. The van der Waals surface area contributed by atoms with Crippen LogP contribution in [0.3, 0.4) is 0 Å². The summed E-state index contributed by atoms with van der Waals surface area (Å²) < 4.78 is 2.51. The second-order valence-corrected chi connectivity index (χ2v) is 20.8. The molecule has 12 aromatic carbocycles. The number of fused-ring (bicyclic) bond motifs is 13. The highest BCUT2D eigenvalue weighted by molar-refractivity contribution is 6.28. The summed E-state index contributed by atoms with van der Waals surface area (Å²) >= 11 is 0. The molecule has 15 rings (SSSR count). The van der Waals surface area contributed by atoms with Crippen LogP contribution in [0.1, 0.15) is 47.2 Å². The van der Waals surface area contributed by atoms with E-state index >= 15 is 0 Å². The normalized spacial score (nSPS) is 13.8. The second kappa shape index (κ2) is 16.1. The van der Waals surface area contributed by atoms with E-state index in [1.165, 1.54) is 116 Å². The van der Waals surface area contributed by atoms with Crippen molar-refractivity contribution in [2.24, 2.45) is 0 Å². The van der Waals surface area contributed by atoms with E-state index in [1.54, 1.807) is 0 Å². The summed E-state index contributed by atoms with van der Waals surface area (Å²) in [7, 11) is 0. The topological polar surface area (TPSA) is 8.17 Å². The van der Waals surface area contributed by atoms with E-state index in [9.17, 15) is 0 Å². The van der Waals surface area contributed by atoms with Crippen molar-refractivity contribution in [1.82, 2.24) is 4.57 Å². The number of rotatable bonds is 7. The number of nitrogens with zero attached hydrogens (tertiary/aromatic N) is 2. The summed E-state index contributed by atoms with van der Waals surface area (Å²) in [5.41, 5.74) is 21.5. The molecule has 0 bridgehead atoms. The Labute approximate surface area is 431 Å². The minimum Gasteiger partial charge on any atom is -0.310 e. The van der Waals surface area contributed by atoms with Gasteiger partial charge in [0.25, 0.3) is 0 Å². The van der Waals surface area contributed by atoms with E-state index in [1.807, 2.05) is 0 Å². The van der Waals surface area contributed by atoms with Crippen molar-refractivity contribution in [3.8, 4) is 39.1 Å². The first-order valence-electron chi connectivity index (χ1n) is 25.9. The highest BCUT2D eigenvalue weighted by Crippen LogP contribution is 2.58. The molecular weight excluding hydrogens is 893 g/mol. The molecule has 74 heavy (non-hydrogen) atoms. The van der Waals surface area contributed by atoms with Gasteiger partial charge >= 0.3 is 0 Å². The lowest BCUT2D eigenvalue weighted by atomic mass is 9.68. The predicted molar refractivity (Wildman–Crippen MR) is 311 cm³/mol. The van der Waals surface area contributed by atoms with Crippen LogP contribution in [0.2, 0.25) is 0 Å². The fourth-order valence-electron chi connectivity index (χ4n) is 13.3. The molecule has 1 heterocycles. The van der Waals surface area contributed by atoms with E-state index in [2.05, 4.69) is 290 Å². The van der Waals surface area contributed by atoms with E-state index in [4.69, 9.17) is 0 Å². The first-order valence-corrected chi connectivity index (χ1v) is 25.9. The van der Waals surface area contributed by atoms with E-state index in [0.29, 0.717) is 0 Å². The fraction of sp³-hybridized carbons (Fsp3) is 0.0556. The zero-order chi connectivity index (χ0) is 49.1. The molecule has 0 saturated carbocycles. The molecular formula is C72H50N2. The largest absolute Gasteiger partial charge is 0.310 e. The third kappa shape index (κ3) is 6.06. The molecule has 2 aliphatic rings. The number of anilines is 3. The van der Waals surface area contributed by atoms with Gasteiger partial charge in [0.05, 0.1) is 16.4 Å². The second-order valence-electron chi connectivity index (χ2n) is 20.8. The molecule has 0 unspecified atom stereocenters. The van der Waals surface area contributed by atoms with Gasteiger partial charge in [-0.15, -0.1) is 0 Å². The van der Waals surface area contributed by atoms with E-state index in [-0.39, 0.29) is 5.41 Å². The van der Waals surface area contributed by atoms with Crippen LogP contribution in [-0.2, 0) is 10.8 Å². The Kier molecular flexibility index (Phi) is 9.25. The lowest BCUT2D eigenvalue weighted by molar-refractivity contribution is 0.660. The monoisotopic (exact) mass is 942 g/mol. The average molecular weight is 943 g/mol. The van der Waals surface area contributed by atoms with Crippen LogP contribution in [0.4, 0.5) is 17.1 Å². The zero-order valence-electron chi connectivity index (χ0n) is 41.3. The van der Waals surface area contributed by atoms with Crippen molar-refractivity contribution in [2.45, 2.75) is 24.7 Å². The van der Waals surface area contributed by atoms with Gasteiger partial charge in [-0.05, 0) is 149 Å². The molecule has 2 heteroatoms.